The summed E-state index contributed by atoms with van der Waals surface area (Å²) in [5.74, 6) is 3.63. The number of hydrogen-bond donors (Lipinski definition) is 5. The number of benzene rings is 7. The zero-order valence-electron chi connectivity index (χ0n) is 78.3. The van der Waals surface area contributed by atoms with Crippen LogP contribution in [0.5, 0.6) is 80.5 Å². The number of esters is 4. The van der Waals surface area contributed by atoms with Crippen LogP contribution < -0.4 is 61.6 Å². The van der Waals surface area contributed by atoms with Crippen LogP contribution in [0, 0.1) is 0 Å². The van der Waals surface area contributed by atoms with Gasteiger partial charge in [0.05, 0.1) is 139 Å². The van der Waals surface area contributed by atoms with Gasteiger partial charge in [0.2, 0.25) is 5.24 Å². The van der Waals surface area contributed by atoms with E-state index in [-0.39, 0.29) is 89.7 Å². The number of aliphatic carboxylic acids is 2. The van der Waals surface area contributed by atoms with Gasteiger partial charge in [-0.2, -0.15) is 0 Å². The topological polar surface area (TPSA) is 516 Å². The molecule has 758 valence electrons. The van der Waals surface area contributed by atoms with E-state index < -0.39 is 42.5 Å². The molecule has 5 N–H and O–H groups in total. The zero-order chi connectivity index (χ0) is 103. The van der Waals surface area contributed by atoms with Crippen molar-refractivity contribution < 1.29 is 182 Å². The van der Waals surface area contributed by atoms with Gasteiger partial charge in [0.1, 0.15) is 18.4 Å². The summed E-state index contributed by atoms with van der Waals surface area (Å²) >= 11 is 9.35. The fraction of sp³-hybridized carbons (Fsp3) is 0.323. The number of methoxy groups -OCH3 is 14. The second kappa shape index (κ2) is 84.9. The molecule has 0 aliphatic heterocycles. The molecule has 0 bridgehead atoms. The molecule has 0 radical (unpaired) electrons. The molecule has 138 heavy (non-hydrogen) atoms. The quantitative estimate of drug-likeness (QED) is 0.00463. The van der Waals surface area contributed by atoms with Gasteiger partial charge in [0, 0.05) is 66.8 Å². The van der Waals surface area contributed by atoms with Crippen molar-refractivity contribution in [3.8, 4) is 80.5 Å². The number of ketones is 2. The number of carboxylic acid groups (broad SMARTS) is 2. The van der Waals surface area contributed by atoms with E-state index in [1.54, 1.807) is 187 Å². The molecule has 0 aliphatic carbocycles. The van der Waals surface area contributed by atoms with Gasteiger partial charge in [-0.15, -0.1) is 0 Å². The van der Waals surface area contributed by atoms with Crippen molar-refractivity contribution in [3.63, 3.8) is 0 Å². The van der Waals surface area contributed by atoms with Crippen LogP contribution >= 0.6 is 23.2 Å². The van der Waals surface area contributed by atoms with Gasteiger partial charge in [-0.3, -0.25) is 28.8 Å². The molecular weight excluding hydrogens is 1850 g/mol. The molecular formula is C96H126B2Cl2O38. The molecule has 0 atom stereocenters. The Kier molecular flexibility index (Phi) is 83.7. The molecule has 7 aromatic rings. The fourth-order valence-corrected chi connectivity index (χ4v) is 8.94. The van der Waals surface area contributed by atoms with Gasteiger partial charge >= 0.3 is 76.2 Å². The summed E-state index contributed by atoms with van der Waals surface area (Å²) in [5.41, 5.74) is 4.17. The number of phenols is 1. The molecule has 0 aliphatic rings. The second-order valence-electron chi connectivity index (χ2n) is 24.3. The van der Waals surface area contributed by atoms with E-state index in [2.05, 4.69) is 35.3 Å². The van der Waals surface area contributed by atoms with Gasteiger partial charge in [-0.05, 0) is 201 Å². The van der Waals surface area contributed by atoms with Crippen molar-refractivity contribution in [1.29, 1.82) is 0 Å². The molecule has 38 nitrogen and oxygen atoms in total. The summed E-state index contributed by atoms with van der Waals surface area (Å²) in [7, 11) is 19.5. The average Bonchev–Trinajstić information content (AvgIpc) is 0.786. The van der Waals surface area contributed by atoms with Crippen LogP contribution in [0.15, 0.2) is 158 Å². The zero-order valence-corrected chi connectivity index (χ0v) is 79.8. The van der Waals surface area contributed by atoms with E-state index in [4.69, 9.17) is 108 Å². The maximum absolute atomic E-state index is 11.7. The van der Waals surface area contributed by atoms with Crippen molar-refractivity contribution >= 4 is 144 Å². The third kappa shape index (κ3) is 67.2. The number of carbonyl (C=O) groups is 13. The number of aromatic hydroxyl groups is 1. The predicted molar refractivity (Wildman–Crippen MR) is 522 cm³/mol. The predicted octanol–water partition coefficient (Wildman–Crippen LogP) is 16.3. The Morgan fingerprint density at radius 3 is 0.826 bits per heavy atom. The van der Waals surface area contributed by atoms with Crippen LogP contribution in [0.4, 0.5) is 9.59 Å². The standard InChI is InChI=1S/C16H20O5.C14H16O6.C12H14O4.2C11H12O4.C9H10O3.C8H8O3.C7H12O3.C3H5ClO2.C2H3ClO.3CH4.B2H2O3/c1-4-21-16(18)10-8-13(17)7-5-12-6-9-14(19-2)15(11-12)20-3;1-4-19-14(16)20-13(15)8-6-10-5-7-11(17-2)12(9-10)18-3;1-14-10-6-4-9(8-11(10)15-2)5-7-12(13)16-3;2*1-14-9-5-3-8(4-6-11(12)13)7-10(9)15-2;1-11-8-4-3-7(6-10)5-9(8)12-2;1-11-8-4-6(5-9)2-3-7(8)10;1-3-10-7(9)5-4-6(2)8;1-2-6-3(4)5;1-2(3)4;;;;3-1-2(4)5/h5-7,9,11H,4,8,10H2,1-3H3;5-9H,4H2,1-3H3;4-8H,1-3H3;2*3-7H,1-2H3,(H,12,13);3-6H,1-2H3;2-5,10H,1H3;3-5H2,1-2H3;2H2,1H3;1H3;3*1H4;4-5H/b7-5+;8-6+;7-5+;2*6-4+;;;;;;;;;. The summed E-state index contributed by atoms with van der Waals surface area (Å²) < 4.78 is 102. The van der Waals surface area contributed by atoms with Gasteiger partial charge in [0.15, 0.2) is 86.3 Å². The number of rotatable bonds is 36. The molecule has 0 aromatic heterocycles. The fourth-order valence-electron chi connectivity index (χ4n) is 8.83. The van der Waals surface area contributed by atoms with Crippen LogP contribution in [0.2, 0.25) is 0 Å². The molecule has 0 unspecified atom stereocenters. The number of allylic oxidation sites excluding steroid dienone is 1. The summed E-state index contributed by atoms with van der Waals surface area (Å²) in [5, 5.41) is 40.7. The molecule has 42 heteroatoms. The first-order valence-electron chi connectivity index (χ1n) is 39.3. The Morgan fingerprint density at radius 2 is 0.587 bits per heavy atom. The molecule has 7 rings (SSSR count). The Hall–Kier alpha value is -15.0. The van der Waals surface area contributed by atoms with Crippen molar-refractivity contribution in [3.05, 3.63) is 197 Å². The average molecular weight is 1980 g/mol. The summed E-state index contributed by atoms with van der Waals surface area (Å²) in [6.07, 6.45) is 15.0. The van der Waals surface area contributed by atoms with E-state index >= 15 is 0 Å². The van der Waals surface area contributed by atoms with Crippen molar-refractivity contribution in [2.45, 2.75) is 89.5 Å². The van der Waals surface area contributed by atoms with Gasteiger partial charge in [-0.25, -0.2) is 28.8 Å². The number of ether oxygens (including phenoxy) is 19. The Morgan fingerprint density at radius 1 is 0.341 bits per heavy atom. The molecule has 0 amide bonds. The molecule has 0 saturated carbocycles. The Balaban J connectivity index is -0.000000279. The van der Waals surface area contributed by atoms with Crippen LogP contribution in [0.3, 0.4) is 0 Å². The number of hydrogen-bond acceptors (Lipinski definition) is 36. The van der Waals surface area contributed by atoms with Crippen LogP contribution in [0.1, 0.15) is 138 Å². The maximum atomic E-state index is 11.7. The monoisotopic (exact) mass is 1980 g/mol. The van der Waals surface area contributed by atoms with E-state index in [1.807, 2.05) is 12.1 Å². The van der Waals surface area contributed by atoms with Gasteiger partial charge in [-0.1, -0.05) is 58.7 Å². The van der Waals surface area contributed by atoms with Crippen molar-refractivity contribution in [1.82, 2.24) is 0 Å². The Bertz CT molecular complexity index is 4870. The minimum absolute atomic E-state index is 0. The summed E-state index contributed by atoms with van der Waals surface area (Å²) in [6.45, 7) is 10.7. The summed E-state index contributed by atoms with van der Waals surface area (Å²) in [4.78, 5) is 137. The van der Waals surface area contributed by atoms with E-state index in [0.29, 0.717) is 124 Å². The van der Waals surface area contributed by atoms with E-state index in [0.717, 1.165) is 46.8 Å². The molecule has 0 saturated heterocycles. The molecule has 0 heterocycles. The van der Waals surface area contributed by atoms with Crippen molar-refractivity contribution in [2.24, 2.45) is 0 Å². The number of carbonyl (C=O) groups excluding carboxylic acids is 11. The van der Waals surface area contributed by atoms with E-state index in [9.17, 15) is 62.3 Å². The van der Waals surface area contributed by atoms with E-state index in [1.165, 1.54) is 112 Å². The number of phenolic OH excluding ortho intramolecular Hbond substituents is 1. The second-order valence-corrected chi connectivity index (χ2v) is 25.1. The number of Topliss-reactive ketones (excluding diaryl/α,β-unsaturated/α-hetero) is 1. The van der Waals surface area contributed by atoms with Gasteiger partial charge < -0.3 is 110 Å². The first-order valence-corrected chi connectivity index (χ1v) is 40.1. The number of halogens is 2. The summed E-state index contributed by atoms with van der Waals surface area (Å²) in [6, 6.07) is 35.6. The molecule has 7 aromatic carbocycles. The van der Waals surface area contributed by atoms with Crippen molar-refractivity contribution in [2.75, 3.05) is 126 Å². The van der Waals surface area contributed by atoms with Crippen LogP contribution in [-0.4, -0.2) is 242 Å². The normalized spacial score (nSPS) is 9.39. The van der Waals surface area contributed by atoms with Crippen LogP contribution in [0.25, 0.3) is 30.4 Å². The van der Waals surface area contributed by atoms with Gasteiger partial charge in [0.25, 0.3) is 0 Å². The SMILES string of the molecule is C.C.C.CC(=O)Cl.CCOC(=O)CCC(=O)/C=C/c1ccc(OC)c(OC)c1.CCOC(=O)CCC(C)=O.CCOC(=O)Cl.CCOC(=O)OC(=O)/C=C/c1ccc(OC)c(OC)c1.COC(=O)/C=C/c1ccc(OC)c(OC)c1.COc1cc(C=O)ccc1O.COc1ccc(/C=C/C(=O)O)cc1OC.COc1ccc(/C=C/C(=O)O)cc1OC.COc1ccc(C=O)cc1OC.O=BB(O)O. The number of carboxylic acids is 2. The first kappa shape index (κ1) is 136. The molecule has 0 spiro atoms. The number of aldehydes is 2. The molecule has 0 fully saturated rings. The first-order chi connectivity index (χ1) is 64.3. The third-order valence-corrected chi connectivity index (χ3v) is 15.0. The minimum atomic E-state index is -1.80. The Labute approximate surface area is 815 Å². The third-order valence-electron chi connectivity index (χ3n) is 14.9. The van der Waals surface area contributed by atoms with Crippen LogP contribution in [-0.2, 0) is 76.3 Å².